The van der Waals surface area contributed by atoms with Gasteiger partial charge in [-0.05, 0) is 17.7 Å². The smallest absolute Gasteiger partial charge is 0.328 e. The van der Waals surface area contributed by atoms with Crippen molar-refractivity contribution in [1.29, 1.82) is 0 Å². The number of hydrogen-bond acceptors (Lipinski definition) is 2. The maximum atomic E-state index is 10.9. The Morgan fingerprint density at radius 1 is 1.40 bits per heavy atom. The van der Waals surface area contributed by atoms with Gasteiger partial charge in [-0.1, -0.05) is 28.1 Å². The summed E-state index contributed by atoms with van der Waals surface area (Å²) in [6.45, 7) is 0.302. The molecule has 1 unspecified atom stereocenters. The maximum Gasteiger partial charge on any atom is 0.328 e. The standard InChI is InChI=1S/C8H9BrN2O3S/c9-7-3-1-6(2-4-7)5-10-8(12)11-15(13)14/h1-4H,5H2,(H,13,14)(H2,10,11,12). The Labute approximate surface area is 97.8 Å². The number of carbonyl (C=O) groups excluding carboxylic acids is 1. The minimum absolute atomic E-state index is 0.302. The Hall–Kier alpha value is -0.920. The van der Waals surface area contributed by atoms with Gasteiger partial charge in [-0.15, -0.1) is 0 Å². The largest absolute Gasteiger partial charge is 0.333 e. The molecule has 0 bridgehead atoms. The number of rotatable bonds is 3. The van der Waals surface area contributed by atoms with Crippen LogP contribution in [0.5, 0.6) is 0 Å². The molecule has 3 N–H and O–H groups in total. The van der Waals surface area contributed by atoms with E-state index in [9.17, 15) is 9.00 Å². The zero-order valence-corrected chi connectivity index (χ0v) is 9.97. The molecule has 15 heavy (non-hydrogen) atoms. The van der Waals surface area contributed by atoms with Crippen molar-refractivity contribution in [2.24, 2.45) is 0 Å². The average molecular weight is 293 g/mol. The lowest BCUT2D eigenvalue weighted by Gasteiger charge is -2.04. The van der Waals surface area contributed by atoms with Gasteiger partial charge in [0.15, 0.2) is 0 Å². The molecular weight excluding hydrogens is 284 g/mol. The lowest BCUT2D eigenvalue weighted by molar-refractivity contribution is 0.245. The fraction of sp³-hybridized carbons (Fsp3) is 0.125. The zero-order valence-electron chi connectivity index (χ0n) is 7.57. The molecule has 0 saturated heterocycles. The molecule has 0 radical (unpaired) electrons. The lowest BCUT2D eigenvalue weighted by atomic mass is 10.2. The minimum Gasteiger partial charge on any atom is -0.333 e. The predicted octanol–water partition coefficient (Wildman–Crippen LogP) is 1.39. The van der Waals surface area contributed by atoms with E-state index in [1.165, 1.54) is 0 Å². The summed E-state index contributed by atoms with van der Waals surface area (Å²) in [5.41, 5.74) is 0.900. The van der Waals surface area contributed by atoms with Crippen LogP contribution in [0.3, 0.4) is 0 Å². The molecule has 1 aromatic rings. The van der Waals surface area contributed by atoms with Crippen molar-refractivity contribution in [3.8, 4) is 0 Å². The average Bonchev–Trinajstić information content (AvgIpc) is 2.16. The van der Waals surface area contributed by atoms with Crippen LogP contribution in [0.4, 0.5) is 4.79 Å². The van der Waals surface area contributed by atoms with Gasteiger partial charge in [-0.25, -0.2) is 13.7 Å². The summed E-state index contributed by atoms with van der Waals surface area (Å²) in [5.74, 6) is 0. The molecule has 1 rings (SSSR count). The van der Waals surface area contributed by atoms with Gasteiger partial charge in [-0.2, -0.15) is 0 Å². The Balaban J connectivity index is 2.40. The van der Waals surface area contributed by atoms with Crippen LogP contribution in [0.15, 0.2) is 28.7 Å². The van der Waals surface area contributed by atoms with Gasteiger partial charge in [0.25, 0.3) is 11.3 Å². The molecule has 0 fully saturated rings. The summed E-state index contributed by atoms with van der Waals surface area (Å²) in [4.78, 5) is 10.9. The summed E-state index contributed by atoms with van der Waals surface area (Å²) < 4.78 is 21.3. The molecule has 0 heterocycles. The van der Waals surface area contributed by atoms with E-state index in [2.05, 4.69) is 21.2 Å². The summed E-state index contributed by atoms with van der Waals surface area (Å²) in [6, 6.07) is 6.68. The third-order valence-electron chi connectivity index (χ3n) is 1.55. The van der Waals surface area contributed by atoms with Gasteiger partial charge < -0.3 is 5.32 Å². The third-order valence-corrected chi connectivity index (χ3v) is 2.44. The minimum atomic E-state index is -2.33. The Morgan fingerprint density at radius 2 is 2.00 bits per heavy atom. The molecule has 0 spiro atoms. The van der Waals surface area contributed by atoms with Crippen LogP contribution in [0.1, 0.15) is 5.56 Å². The van der Waals surface area contributed by atoms with Crippen molar-refractivity contribution >= 4 is 33.2 Å². The van der Waals surface area contributed by atoms with Gasteiger partial charge in [0, 0.05) is 11.0 Å². The Morgan fingerprint density at radius 3 is 2.53 bits per heavy atom. The van der Waals surface area contributed by atoms with E-state index in [1.807, 2.05) is 24.3 Å². The normalized spacial score (nSPS) is 11.9. The zero-order chi connectivity index (χ0) is 11.3. The lowest BCUT2D eigenvalue weighted by Crippen LogP contribution is -2.35. The van der Waals surface area contributed by atoms with E-state index in [1.54, 1.807) is 4.72 Å². The van der Waals surface area contributed by atoms with Crippen molar-refractivity contribution in [1.82, 2.24) is 10.0 Å². The molecule has 0 aliphatic rings. The van der Waals surface area contributed by atoms with Crippen molar-refractivity contribution in [2.45, 2.75) is 6.54 Å². The van der Waals surface area contributed by atoms with Gasteiger partial charge in [0.05, 0.1) is 0 Å². The van der Waals surface area contributed by atoms with Gasteiger partial charge in [-0.3, -0.25) is 4.55 Å². The van der Waals surface area contributed by atoms with Crippen LogP contribution in [0, 0.1) is 0 Å². The first-order valence-corrected chi connectivity index (χ1v) is 5.87. The van der Waals surface area contributed by atoms with Crippen LogP contribution < -0.4 is 10.0 Å². The van der Waals surface area contributed by atoms with Crippen LogP contribution in [0.2, 0.25) is 0 Å². The first-order chi connectivity index (χ1) is 7.08. The quantitative estimate of drug-likeness (QED) is 0.737. The molecule has 2 amide bonds. The highest BCUT2D eigenvalue weighted by Crippen LogP contribution is 2.09. The van der Waals surface area contributed by atoms with Gasteiger partial charge in [0.2, 0.25) is 0 Å². The summed E-state index contributed by atoms with van der Waals surface area (Å²) in [7, 11) is 0. The van der Waals surface area contributed by atoms with E-state index in [0.717, 1.165) is 10.0 Å². The number of carbonyl (C=O) groups is 1. The number of halogens is 1. The highest BCUT2D eigenvalue weighted by Gasteiger charge is 2.02. The number of benzene rings is 1. The van der Waals surface area contributed by atoms with Crippen LogP contribution in [-0.4, -0.2) is 14.8 Å². The molecule has 7 heteroatoms. The van der Waals surface area contributed by atoms with E-state index >= 15 is 0 Å². The summed E-state index contributed by atoms with van der Waals surface area (Å²) in [5, 5.41) is 2.43. The topological polar surface area (TPSA) is 78.4 Å². The monoisotopic (exact) mass is 292 g/mol. The fourth-order valence-corrected chi connectivity index (χ4v) is 1.40. The number of amides is 2. The van der Waals surface area contributed by atoms with E-state index in [0.29, 0.717) is 6.54 Å². The SMILES string of the molecule is O=C(NCc1ccc(Br)cc1)NS(=O)O. The van der Waals surface area contributed by atoms with Gasteiger partial charge in [0.1, 0.15) is 0 Å². The second-order valence-electron chi connectivity index (χ2n) is 2.66. The first kappa shape index (κ1) is 12.2. The van der Waals surface area contributed by atoms with Crippen LogP contribution >= 0.6 is 15.9 Å². The van der Waals surface area contributed by atoms with E-state index in [4.69, 9.17) is 4.55 Å². The Kier molecular flexibility index (Phi) is 4.73. The molecule has 1 aromatic carbocycles. The van der Waals surface area contributed by atoms with Gasteiger partial charge >= 0.3 is 6.03 Å². The van der Waals surface area contributed by atoms with Crippen molar-refractivity contribution < 1.29 is 13.6 Å². The first-order valence-electron chi connectivity index (χ1n) is 3.97. The number of nitrogens with one attached hydrogen (secondary N) is 2. The molecule has 0 saturated carbocycles. The van der Waals surface area contributed by atoms with Crippen molar-refractivity contribution in [2.75, 3.05) is 0 Å². The van der Waals surface area contributed by atoms with Crippen molar-refractivity contribution in [3.05, 3.63) is 34.3 Å². The van der Waals surface area contributed by atoms with Crippen LogP contribution in [0.25, 0.3) is 0 Å². The molecule has 82 valence electrons. The van der Waals surface area contributed by atoms with Crippen LogP contribution in [-0.2, 0) is 17.8 Å². The fourth-order valence-electron chi connectivity index (χ4n) is 0.900. The second-order valence-corrected chi connectivity index (χ2v) is 4.28. The molecular formula is C8H9BrN2O3S. The number of urea groups is 1. The Bertz CT molecular complexity index is 369. The molecule has 0 aliphatic heterocycles. The second kappa shape index (κ2) is 5.84. The number of hydrogen-bond donors (Lipinski definition) is 3. The van der Waals surface area contributed by atoms with E-state index in [-0.39, 0.29) is 0 Å². The molecule has 5 nitrogen and oxygen atoms in total. The third kappa shape index (κ3) is 4.91. The molecule has 1 atom stereocenters. The highest BCUT2D eigenvalue weighted by molar-refractivity contribution is 9.10. The molecule has 0 aromatic heterocycles. The summed E-state index contributed by atoms with van der Waals surface area (Å²) in [6.07, 6.45) is 0. The predicted molar refractivity (Wildman–Crippen MR) is 60.3 cm³/mol. The van der Waals surface area contributed by atoms with E-state index < -0.39 is 17.3 Å². The summed E-state index contributed by atoms with van der Waals surface area (Å²) >= 11 is 0.959. The highest BCUT2D eigenvalue weighted by atomic mass is 79.9. The van der Waals surface area contributed by atoms with Crippen molar-refractivity contribution in [3.63, 3.8) is 0 Å². The maximum absolute atomic E-state index is 10.9. The molecule has 0 aliphatic carbocycles.